The molecule has 0 saturated heterocycles. The third-order valence-corrected chi connectivity index (χ3v) is 11.2. The summed E-state index contributed by atoms with van der Waals surface area (Å²) in [6.07, 6.45) is 0.599. The lowest BCUT2D eigenvalue weighted by Crippen LogP contribution is -2.62. The number of hydrogen-bond donors (Lipinski definition) is 0. The van der Waals surface area contributed by atoms with E-state index in [-0.39, 0.29) is 66.4 Å². The molecule has 4 aliphatic carbocycles. The van der Waals surface area contributed by atoms with Gasteiger partial charge in [-0.15, -0.1) is 0 Å². The van der Waals surface area contributed by atoms with Gasteiger partial charge in [-0.1, -0.05) is 41.5 Å². The van der Waals surface area contributed by atoms with Crippen LogP contribution in [-0.4, -0.2) is 47.8 Å². The molecule has 7 atom stereocenters. The summed E-state index contributed by atoms with van der Waals surface area (Å²) in [6, 6.07) is 0. The summed E-state index contributed by atoms with van der Waals surface area (Å²) in [5.41, 5.74) is -4.40. The van der Waals surface area contributed by atoms with E-state index in [4.69, 9.17) is 4.74 Å². The highest BCUT2D eigenvalue weighted by Gasteiger charge is 2.74. The van der Waals surface area contributed by atoms with Gasteiger partial charge >= 0.3 is 5.97 Å². The summed E-state index contributed by atoms with van der Waals surface area (Å²) >= 11 is 0. The van der Waals surface area contributed by atoms with Gasteiger partial charge in [0.05, 0.1) is 23.9 Å². The first kappa shape index (κ1) is 29.2. The molecule has 0 aliphatic heterocycles. The normalized spacial score (nSPS) is 37.2. The summed E-state index contributed by atoms with van der Waals surface area (Å²) in [5, 5.41) is 0. The molecule has 4 aliphatic rings. The second kappa shape index (κ2) is 9.13. The minimum atomic E-state index is -1.49. The lowest BCUT2D eigenvalue weighted by molar-refractivity contribution is -0.156. The number of hydrogen-bond acceptors (Lipinski definition) is 8. The van der Waals surface area contributed by atoms with E-state index in [9.17, 15) is 33.6 Å². The number of rotatable bonds is 6. The number of Topliss-reactive ketones (excluding diaryl/α,β-unsaturated/α-hetero) is 6. The Kier molecular flexibility index (Phi) is 6.84. The predicted octanol–water partition coefficient (Wildman–Crippen LogP) is 3.82. The first-order valence-electron chi connectivity index (χ1n) is 13.9. The van der Waals surface area contributed by atoms with Crippen molar-refractivity contribution in [1.29, 1.82) is 0 Å². The Balaban J connectivity index is 1.78. The maximum atomic E-state index is 14.1. The molecular weight excluding hydrogens is 500 g/mol. The van der Waals surface area contributed by atoms with E-state index in [1.165, 1.54) is 7.11 Å². The third-order valence-electron chi connectivity index (χ3n) is 11.2. The Morgan fingerprint density at radius 2 is 1.51 bits per heavy atom. The molecule has 212 valence electrons. The van der Waals surface area contributed by atoms with Crippen LogP contribution in [0, 0.1) is 45.3 Å². The maximum Gasteiger partial charge on any atom is 0.308 e. The Morgan fingerprint density at radius 3 is 2.10 bits per heavy atom. The molecule has 8 nitrogen and oxygen atoms in total. The number of carbonyl (C=O) groups excluding carboxylic acids is 7. The smallest absolute Gasteiger partial charge is 0.308 e. The fourth-order valence-electron chi connectivity index (χ4n) is 8.65. The number of carbonyl (C=O) groups is 7. The SMILES string of the molecule is COC(=O)[C@H](C)CC(=O)C[C@@H](C)[C@H]1CC(=O)[C@@]2(C)C3=C(C(=O)C(=O)[C@]12C)[C@@]1(C)CCC(=O)C(C)(C)[C@@H]1CC3=O. The third kappa shape index (κ3) is 3.72. The maximum absolute atomic E-state index is 14.1. The summed E-state index contributed by atoms with van der Waals surface area (Å²) < 4.78 is 4.71. The molecule has 8 heteroatoms. The summed E-state index contributed by atoms with van der Waals surface area (Å²) in [6.45, 7) is 12.1. The van der Waals surface area contributed by atoms with Crippen molar-refractivity contribution in [1.82, 2.24) is 0 Å². The van der Waals surface area contributed by atoms with Gasteiger partial charge in [0.2, 0.25) is 11.6 Å². The average Bonchev–Trinajstić information content (AvgIpc) is 3.07. The van der Waals surface area contributed by atoms with Crippen LogP contribution in [0.4, 0.5) is 0 Å². The van der Waals surface area contributed by atoms with Crippen molar-refractivity contribution < 1.29 is 38.3 Å². The first-order valence-corrected chi connectivity index (χ1v) is 13.9. The highest BCUT2D eigenvalue weighted by molar-refractivity contribution is 6.49. The van der Waals surface area contributed by atoms with Gasteiger partial charge in [-0.25, -0.2) is 0 Å². The summed E-state index contributed by atoms with van der Waals surface area (Å²) in [4.78, 5) is 93.4. The van der Waals surface area contributed by atoms with E-state index in [0.717, 1.165) is 0 Å². The van der Waals surface area contributed by atoms with Gasteiger partial charge in [-0.3, -0.25) is 33.6 Å². The van der Waals surface area contributed by atoms with Crippen molar-refractivity contribution in [3.05, 3.63) is 11.1 Å². The van der Waals surface area contributed by atoms with Gasteiger partial charge in [0, 0.05) is 54.1 Å². The van der Waals surface area contributed by atoms with E-state index in [2.05, 4.69) is 0 Å². The van der Waals surface area contributed by atoms with Crippen molar-refractivity contribution in [3.8, 4) is 0 Å². The zero-order valence-corrected chi connectivity index (χ0v) is 24.3. The van der Waals surface area contributed by atoms with Crippen molar-refractivity contribution in [2.45, 2.75) is 87.0 Å². The van der Waals surface area contributed by atoms with Gasteiger partial charge in [-0.05, 0) is 31.1 Å². The van der Waals surface area contributed by atoms with Crippen molar-refractivity contribution in [2.75, 3.05) is 7.11 Å². The Hall–Kier alpha value is -2.77. The van der Waals surface area contributed by atoms with Crippen LogP contribution >= 0.6 is 0 Å². The number of methoxy groups -OCH3 is 1. The second-order valence-corrected chi connectivity index (χ2v) is 13.6. The number of allylic oxidation sites excluding steroid dienone is 2. The van der Waals surface area contributed by atoms with Crippen LogP contribution in [0.3, 0.4) is 0 Å². The molecular formula is C31H40O8. The highest BCUT2D eigenvalue weighted by atomic mass is 16.5. The molecule has 0 unspecified atom stereocenters. The quantitative estimate of drug-likeness (QED) is 0.367. The van der Waals surface area contributed by atoms with E-state index in [1.807, 2.05) is 6.92 Å². The van der Waals surface area contributed by atoms with Crippen molar-refractivity contribution in [3.63, 3.8) is 0 Å². The Bertz CT molecular complexity index is 1250. The first-order chi connectivity index (χ1) is 17.9. The van der Waals surface area contributed by atoms with E-state index in [0.29, 0.717) is 6.42 Å². The van der Waals surface area contributed by atoms with Crippen LogP contribution in [0.2, 0.25) is 0 Å². The van der Waals surface area contributed by atoms with Gasteiger partial charge in [0.25, 0.3) is 0 Å². The van der Waals surface area contributed by atoms with Gasteiger partial charge in [-0.2, -0.15) is 0 Å². The lowest BCUT2D eigenvalue weighted by atomic mass is 9.42. The summed E-state index contributed by atoms with van der Waals surface area (Å²) in [7, 11) is 1.26. The van der Waals surface area contributed by atoms with E-state index < -0.39 is 62.9 Å². The number of ether oxygens (including phenoxy) is 1. The van der Waals surface area contributed by atoms with Gasteiger partial charge in [0.15, 0.2) is 5.78 Å². The minimum Gasteiger partial charge on any atom is -0.469 e. The molecule has 0 aromatic heterocycles. The lowest BCUT2D eigenvalue weighted by Gasteiger charge is -2.57. The molecule has 0 bridgehead atoms. The largest absolute Gasteiger partial charge is 0.469 e. The standard InChI is InChI=1S/C31H40O8/c1-15(11-17(32)12-16(2)27(38)39-8)18-13-22(35)31(7)23-19(33)14-20-28(3,4)21(34)9-10-29(20,5)24(23)25(36)26(37)30(18,31)6/h15-16,18,20H,9-14H2,1-8H3/t15-,16-,18-,20+,29+,30+,31+/m1/s1. The fourth-order valence-corrected chi connectivity index (χ4v) is 8.65. The molecule has 0 spiro atoms. The molecule has 39 heavy (non-hydrogen) atoms. The second-order valence-electron chi connectivity index (χ2n) is 13.6. The van der Waals surface area contributed by atoms with E-state index >= 15 is 0 Å². The molecule has 2 fully saturated rings. The van der Waals surface area contributed by atoms with Crippen LogP contribution in [0.25, 0.3) is 0 Å². The van der Waals surface area contributed by atoms with Crippen LogP contribution in [0.5, 0.6) is 0 Å². The van der Waals surface area contributed by atoms with Crippen LogP contribution in [-0.2, 0) is 38.3 Å². The molecule has 0 N–H and O–H groups in total. The van der Waals surface area contributed by atoms with Crippen LogP contribution < -0.4 is 0 Å². The zero-order valence-electron chi connectivity index (χ0n) is 24.3. The molecule has 0 aromatic carbocycles. The molecule has 0 amide bonds. The molecule has 4 rings (SSSR count). The van der Waals surface area contributed by atoms with E-state index in [1.54, 1.807) is 41.5 Å². The molecule has 0 aromatic rings. The number of fused-ring (bicyclic) bond motifs is 4. The average molecular weight is 541 g/mol. The zero-order chi connectivity index (χ0) is 29.5. The fraction of sp³-hybridized carbons (Fsp3) is 0.710. The molecule has 0 heterocycles. The minimum absolute atomic E-state index is 0.0266. The Morgan fingerprint density at radius 1 is 0.897 bits per heavy atom. The predicted molar refractivity (Wildman–Crippen MR) is 140 cm³/mol. The highest BCUT2D eigenvalue weighted by Crippen LogP contribution is 2.68. The number of esters is 1. The molecule has 2 saturated carbocycles. The topological polar surface area (TPSA) is 129 Å². The Labute approximate surface area is 229 Å². The summed E-state index contributed by atoms with van der Waals surface area (Å²) in [5.74, 6) is -4.81. The van der Waals surface area contributed by atoms with Crippen LogP contribution in [0.15, 0.2) is 11.1 Å². The number of ketones is 6. The monoisotopic (exact) mass is 540 g/mol. The van der Waals surface area contributed by atoms with Gasteiger partial charge < -0.3 is 4.74 Å². The van der Waals surface area contributed by atoms with Crippen LogP contribution in [0.1, 0.15) is 87.0 Å². The van der Waals surface area contributed by atoms with Crippen molar-refractivity contribution >= 4 is 40.7 Å². The van der Waals surface area contributed by atoms with Crippen molar-refractivity contribution in [2.24, 2.45) is 45.3 Å². The molecule has 0 radical (unpaired) electrons. The van der Waals surface area contributed by atoms with Gasteiger partial charge in [0.1, 0.15) is 17.3 Å².